The zero-order valence-electron chi connectivity index (χ0n) is 11.3. The molecule has 21 heavy (non-hydrogen) atoms. The lowest BCUT2D eigenvalue weighted by Crippen LogP contribution is -2.38. The molecular weight excluding hydrogens is 302 g/mol. The molecule has 1 heterocycles. The minimum absolute atomic E-state index is 0.0369. The van der Waals surface area contributed by atoms with Crippen molar-refractivity contribution in [3.63, 3.8) is 0 Å². The molecule has 1 aliphatic heterocycles. The Bertz CT molecular complexity index is 562. The summed E-state index contributed by atoms with van der Waals surface area (Å²) in [7, 11) is 1.47. The summed E-state index contributed by atoms with van der Waals surface area (Å²) in [5, 5.41) is 9.13. The molecule has 7 nitrogen and oxygen atoms in total. The van der Waals surface area contributed by atoms with Gasteiger partial charge in [-0.2, -0.15) is 0 Å². The zero-order chi connectivity index (χ0) is 15.4. The minimum atomic E-state index is -1.11. The van der Waals surface area contributed by atoms with Crippen molar-refractivity contribution in [2.45, 2.75) is 0 Å². The van der Waals surface area contributed by atoms with Crippen molar-refractivity contribution in [1.29, 1.82) is 0 Å². The fourth-order valence-electron chi connectivity index (χ4n) is 1.89. The summed E-state index contributed by atoms with van der Waals surface area (Å²) in [5.74, 6) is -0.816. The van der Waals surface area contributed by atoms with Crippen molar-refractivity contribution in [1.82, 2.24) is 4.90 Å². The van der Waals surface area contributed by atoms with E-state index in [1.54, 1.807) is 0 Å². The van der Waals surface area contributed by atoms with Crippen LogP contribution < -0.4 is 9.47 Å². The van der Waals surface area contributed by atoms with Crippen molar-refractivity contribution in [3.05, 3.63) is 22.7 Å². The quantitative estimate of drug-likeness (QED) is 0.850. The van der Waals surface area contributed by atoms with Crippen molar-refractivity contribution >= 4 is 23.5 Å². The number of nitrogens with zero attached hydrogens (tertiary/aromatic N) is 1. The van der Waals surface area contributed by atoms with Crippen LogP contribution in [0.4, 0.5) is 0 Å². The Hall–Kier alpha value is -1.99. The van der Waals surface area contributed by atoms with E-state index in [2.05, 4.69) is 0 Å². The highest BCUT2D eigenvalue weighted by Crippen LogP contribution is 2.39. The van der Waals surface area contributed by atoms with Crippen LogP contribution in [0.15, 0.2) is 12.1 Å². The van der Waals surface area contributed by atoms with E-state index in [-0.39, 0.29) is 30.5 Å². The molecule has 8 heteroatoms. The van der Waals surface area contributed by atoms with Gasteiger partial charge in [0.25, 0.3) is 5.91 Å². The molecule has 0 spiro atoms. The number of ether oxygens (including phenoxy) is 3. The second-order valence-electron chi connectivity index (χ2n) is 4.31. The number of carbonyl (C=O) groups excluding carboxylic acids is 1. The van der Waals surface area contributed by atoms with Gasteiger partial charge in [0.1, 0.15) is 6.54 Å². The van der Waals surface area contributed by atoms with Crippen LogP contribution in [-0.2, 0) is 9.53 Å². The summed E-state index contributed by atoms with van der Waals surface area (Å²) in [4.78, 5) is 24.4. The van der Waals surface area contributed by atoms with Crippen molar-refractivity contribution in [2.75, 3.05) is 33.6 Å². The Morgan fingerprint density at radius 2 is 2.19 bits per heavy atom. The lowest BCUT2D eigenvalue weighted by Gasteiger charge is -2.20. The number of fused-ring (bicyclic) bond motifs is 1. The van der Waals surface area contributed by atoms with Crippen LogP contribution in [0.5, 0.6) is 11.5 Å². The van der Waals surface area contributed by atoms with Gasteiger partial charge in [-0.15, -0.1) is 0 Å². The van der Waals surface area contributed by atoms with Crippen LogP contribution in [0, 0.1) is 0 Å². The van der Waals surface area contributed by atoms with Gasteiger partial charge < -0.3 is 24.2 Å². The smallest absolute Gasteiger partial charge is 0.323 e. The number of carboxylic acids is 1. The van der Waals surface area contributed by atoms with Crippen molar-refractivity contribution in [2.24, 2.45) is 0 Å². The third-order valence-corrected chi connectivity index (χ3v) is 3.13. The molecule has 0 saturated carbocycles. The maximum absolute atomic E-state index is 12.4. The number of halogens is 1. The van der Waals surface area contributed by atoms with E-state index in [1.165, 1.54) is 24.1 Å². The molecule has 0 aliphatic carbocycles. The zero-order valence-corrected chi connectivity index (χ0v) is 12.1. The second kappa shape index (κ2) is 6.64. The Kier molecular flexibility index (Phi) is 4.87. The van der Waals surface area contributed by atoms with E-state index in [4.69, 9.17) is 30.9 Å². The minimum Gasteiger partial charge on any atom is -0.480 e. The maximum atomic E-state index is 12.4. The Morgan fingerprint density at radius 3 is 2.86 bits per heavy atom. The predicted molar refractivity (Wildman–Crippen MR) is 73.0 cm³/mol. The summed E-state index contributed by atoms with van der Waals surface area (Å²) in [5.41, 5.74) is 0.238. The van der Waals surface area contributed by atoms with Crippen molar-refractivity contribution < 1.29 is 28.9 Å². The average molecular weight is 316 g/mol. The molecule has 2 rings (SSSR count). The number of hydrogen-bond donors (Lipinski definition) is 1. The number of methoxy groups -OCH3 is 1. The van der Waals surface area contributed by atoms with Crippen LogP contribution >= 0.6 is 11.6 Å². The Labute approximate surface area is 126 Å². The van der Waals surface area contributed by atoms with Crippen LogP contribution in [0.25, 0.3) is 0 Å². The number of rotatable bonds is 6. The summed E-state index contributed by atoms with van der Waals surface area (Å²) in [6, 6.07) is 2.91. The van der Waals surface area contributed by atoms with Gasteiger partial charge in [0.2, 0.25) is 6.79 Å². The lowest BCUT2D eigenvalue weighted by molar-refractivity contribution is -0.137. The number of amides is 1. The number of hydrogen-bond acceptors (Lipinski definition) is 5. The summed E-state index contributed by atoms with van der Waals surface area (Å²) >= 11 is 6.02. The van der Waals surface area contributed by atoms with Gasteiger partial charge in [-0.1, -0.05) is 11.6 Å². The topological polar surface area (TPSA) is 85.3 Å². The van der Waals surface area contributed by atoms with Gasteiger partial charge in [0.15, 0.2) is 11.5 Å². The molecule has 1 aromatic rings. The molecule has 0 bridgehead atoms. The first-order valence-electron chi connectivity index (χ1n) is 6.12. The van der Waals surface area contributed by atoms with Crippen LogP contribution in [0.3, 0.4) is 0 Å². The molecular formula is C13H14ClNO6. The molecule has 0 radical (unpaired) electrons. The summed E-state index contributed by atoms with van der Waals surface area (Å²) in [6.45, 7) is 0.00840. The number of aliphatic carboxylic acids is 1. The third-order valence-electron chi connectivity index (χ3n) is 2.85. The highest BCUT2D eigenvalue weighted by molar-refractivity contribution is 6.32. The standard InChI is InChI=1S/C13H14ClNO6/c1-19-3-2-15(6-11(16)17)13(18)8-4-9(14)12-10(5-8)20-7-21-12/h4-5H,2-3,6-7H2,1H3,(H,16,17). The summed E-state index contributed by atoms with van der Waals surface area (Å²) in [6.07, 6.45) is 0. The van der Waals surface area contributed by atoms with Crippen LogP contribution in [0.1, 0.15) is 10.4 Å². The van der Waals surface area contributed by atoms with E-state index >= 15 is 0 Å². The number of benzene rings is 1. The van der Waals surface area contributed by atoms with Gasteiger partial charge in [-0.05, 0) is 12.1 Å². The molecule has 0 saturated heterocycles. The highest BCUT2D eigenvalue weighted by Gasteiger charge is 2.24. The molecule has 1 N–H and O–H groups in total. The number of carboxylic acid groups (broad SMARTS) is 1. The molecule has 1 amide bonds. The monoisotopic (exact) mass is 315 g/mol. The van der Waals surface area contributed by atoms with E-state index in [1.807, 2.05) is 0 Å². The van der Waals surface area contributed by atoms with E-state index in [0.29, 0.717) is 11.5 Å². The fourth-order valence-corrected chi connectivity index (χ4v) is 2.16. The molecule has 0 aromatic heterocycles. The van der Waals surface area contributed by atoms with E-state index in [0.717, 1.165) is 0 Å². The van der Waals surface area contributed by atoms with Crippen LogP contribution in [0.2, 0.25) is 5.02 Å². The van der Waals surface area contributed by atoms with E-state index in [9.17, 15) is 9.59 Å². The van der Waals surface area contributed by atoms with Gasteiger partial charge in [-0.3, -0.25) is 9.59 Å². The van der Waals surface area contributed by atoms with E-state index < -0.39 is 18.4 Å². The molecule has 0 unspecified atom stereocenters. The Morgan fingerprint density at radius 1 is 1.43 bits per heavy atom. The second-order valence-corrected chi connectivity index (χ2v) is 4.71. The van der Waals surface area contributed by atoms with Gasteiger partial charge in [-0.25, -0.2) is 0 Å². The predicted octanol–water partition coefficient (Wildman–Crippen LogP) is 1.24. The normalized spacial score (nSPS) is 12.3. The summed E-state index contributed by atoms with van der Waals surface area (Å²) < 4.78 is 15.2. The fraction of sp³-hybridized carbons (Fsp3) is 0.385. The van der Waals surface area contributed by atoms with Gasteiger partial charge in [0.05, 0.1) is 11.6 Å². The lowest BCUT2D eigenvalue weighted by atomic mass is 10.1. The molecule has 1 aliphatic rings. The number of carbonyl (C=O) groups is 2. The maximum Gasteiger partial charge on any atom is 0.323 e. The molecule has 0 atom stereocenters. The van der Waals surface area contributed by atoms with Gasteiger partial charge in [0, 0.05) is 19.2 Å². The SMILES string of the molecule is COCCN(CC(=O)O)C(=O)c1cc(Cl)c2c(c1)OCO2. The third kappa shape index (κ3) is 3.56. The first kappa shape index (κ1) is 15.4. The molecule has 1 aromatic carbocycles. The van der Waals surface area contributed by atoms with Crippen molar-refractivity contribution in [3.8, 4) is 11.5 Å². The molecule has 114 valence electrons. The highest BCUT2D eigenvalue weighted by atomic mass is 35.5. The largest absolute Gasteiger partial charge is 0.480 e. The Balaban J connectivity index is 2.23. The van der Waals surface area contributed by atoms with Gasteiger partial charge >= 0.3 is 5.97 Å². The average Bonchev–Trinajstić information content (AvgIpc) is 2.91. The molecule has 0 fully saturated rings. The first-order valence-corrected chi connectivity index (χ1v) is 6.50. The first-order chi connectivity index (χ1) is 10.0. The van der Waals surface area contributed by atoms with Crippen LogP contribution in [-0.4, -0.2) is 55.5 Å².